The van der Waals surface area contributed by atoms with Gasteiger partial charge in [0.1, 0.15) is 0 Å². The molecule has 4 heteroatoms. The molecular weight excluding hydrogens is 286 g/mol. The second-order valence-electron chi connectivity index (χ2n) is 7.16. The molecule has 0 spiro atoms. The summed E-state index contributed by atoms with van der Waals surface area (Å²) in [6.45, 7) is 3.13. The van der Waals surface area contributed by atoms with E-state index in [2.05, 4.69) is 40.5 Å². The van der Waals surface area contributed by atoms with Gasteiger partial charge in [-0.1, -0.05) is 36.8 Å². The van der Waals surface area contributed by atoms with Crippen molar-refractivity contribution in [3.05, 3.63) is 35.9 Å². The van der Waals surface area contributed by atoms with Gasteiger partial charge in [-0.05, 0) is 37.2 Å². The first-order chi connectivity index (χ1) is 11.2. The summed E-state index contributed by atoms with van der Waals surface area (Å²) in [5.74, 6) is 0.599. The van der Waals surface area contributed by atoms with Crippen molar-refractivity contribution in [3.8, 4) is 0 Å². The molecule has 2 atom stereocenters. The van der Waals surface area contributed by atoms with Gasteiger partial charge in [-0.2, -0.15) is 0 Å². The smallest absolute Gasteiger partial charge is 0.220 e. The van der Waals surface area contributed by atoms with E-state index in [1.54, 1.807) is 0 Å². The molecule has 2 aliphatic rings. The van der Waals surface area contributed by atoms with Crippen molar-refractivity contribution >= 4 is 5.91 Å². The molecule has 4 nitrogen and oxygen atoms in total. The minimum Gasteiger partial charge on any atom is -0.353 e. The van der Waals surface area contributed by atoms with Crippen LogP contribution in [0.1, 0.15) is 44.1 Å². The quantitative estimate of drug-likeness (QED) is 0.876. The Hall–Kier alpha value is -1.39. The Labute approximate surface area is 139 Å². The molecule has 0 bridgehead atoms. The maximum Gasteiger partial charge on any atom is 0.220 e. The lowest BCUT2D eigenvalue weighted by molar-refractivity contribution is -0.123. The zero-order chi connectivity index (χ0) is 16.1. The van der Waals surface area contributed by atoms with E-state index >= 15 is 0 Å². The number of benzene rings is 1. The van der Waals surface area contributed by atoms with Crippen molar-refractivity contribution in [2.45, 2.75) is 57.2 Å². The average molecular weight is 315 g/mol. The molecule has 2 fully saturated rings. The van der Waals surface area contributed by atoms with Crippen molar-refractivity contribution in [2.24, 2.45) is 11.7 Å². The van der Waals surface area contributed by atoms with Crippen LogP contribution in [-0.4, -0.2) is 36.0 Å². The fraction of sp³-hybridized carbons (Fsp3) is 0.632. The van der Waals surface area contributed by atoms with Crippen molar-refractivity contribution < 1.29 is 4.79 Å². The van der Waals surface area contributed by atoms with Crippen molar-refractivity contribution in [2.75, 3.05) is 13.1 Å². The number of nitrogens with two attached hydrogens (primary N) is 1. The van der Waals surface area contributed by atoms with Crippen molar-refractivity contribution in [1.29, 1.82) is 0 Å². The Morgan fingerprint density at radius 1 is 1.13 bits per heavy atom. The maximum atomic E-state index is 12.2. The Kier molecular flexibility index (Phi) is 5.68. The molecule has 1 saturated carbocycles. The summed E-state index contributed by atoms with van der Waals surface area (Å²) in [5.41, 5.74) is 7.43. The summed E-state index contributed by atoms with van der Waals surface area (Å²) < 4.78 is 0. The van der Waals surface area contributed by atoms with E-state index in [9.17, 15) is 4.79 Å². The zero-order valence-electron chi connectivity index (χ0n) is 13.9. The van der Waals surface area contributed by atoms with Crippen LogP contribution in [-0.2, 0) is 11.3 Å². The summed E-state index contributed by atoms with van der Waals surface area (Å²) in [7, 11) is 0. The summed E-state index contributed by atoms with van der Waals surface area (Å²) in [6.07, 6.45) is 6.09. The lowest BCUT2D eigenvalue weighted by Gasteiger charge is -2.32. The standard InChI is InChI=1S/C19H29N3O/c20-18-8-4-7-16(18)13-19(23)21-17-9-11-22(12-10-17)14-15-5-2-1-3-6-15/h1-3,5-6,16-18H,4,7-14,20H2,(H,21,23)/t16-,18+/m0/s1. The van der Waals surface area contributed by atoms with E-state index < -0.39 is 0 Å². The van der Waals surface area contributed by atoms with Gasteiger partial charge in [0.15, 0.2) is 0 Å². The largest absolute Gasteiger partial charge is 0.353 e. The van der Waals surface area contributed by atoms with E-state index in [4.69, 9.17) is 5.73 Å². The van der Waals surface area contributed by atoms with Crippen LogP contribution in [0.5, 0.6) is 0 Å². The van der Waals surface area contributed by atoms with E-state index in [0.717, 1.165) is 45.3 Å². The van der Waals surface area contributed by atoms with Gasteiger partial charge in [0, 0.05) is 38.1 Å². The number of rotatable bonds is 5. The number of hydrogen-bond donors (Lipinski definition) is 2. The number of amides is 1. The lowest BCUT2D eigenvalue weighted by atomic mass is 9.98. The molecule has 23 heavy (non-hydrogen) atoms. The van der Waals surface area contributed by atoms with Gasteiger partial charge in [0.2, 0.25) is 5.91 Å². The van der Waals surface area contributed by atoms with Crippen LogP contribution in [0.2, 0.25) is 0 Å². The first-order valence-electron chi connectivity index (χ1n) is 9.02. The predicted octanol–water partition coefficient (Wildman–Crippen LogP) is 2.28. The molecule has 0 radical (unpaired) electrons. The van der Waals surface area contributed by atoms with Crippen molar-refractivity contribution in [1.82, 2.24) is 10.2 Å². The van der Waals surface area contributed by atoms with E-state index in [1.165, 1.54) is 12.0 Å². The number of carbonyl (C=O) groups excluding carboxylic acids is 1. The molecular formula is C19H29N3O. The molecule has 1 aliphatic heterocycles. The van der Waals surface area contributed by atoms with Crippen molar-refractivity contribution in [3.63, 3.8) is 0 Å². The fourth-order valence-corrected chi connectivity index (χ4v) is 3.92. The highest BCUT2D eigenvalue weighted by atomic mass is 16.1. The second-order valence-corrected chi connectivity index (χ2v) is 7.16. The summed E-state index contributed by atoms with van der Waals surface area (Å²) >= 11 is 0. The van der Waals surface area contributed by atoms with Gasteiger partial charge in [-0.15, -0.1) is 0 Å². The first-order valence-corrected chi connectivity index (χ1v) is 9.02. The van der Waals surface area contributed by atoms with Gasteiger partial charge in [0.05, 0.1) is 0 Å². The Balaban J connectivity index is 1.38. The highest BCUT2D eigenvalue weighted by molar-refractivity contribution is 5.76. The number of hydrogen-bond acceptors (Lipinski definition) is 3. The number of nitrogens with one attached hydrogen (secondary N) is 1. The SMILES string of the molecule is N[C@@H]1CCC[C@H]1CC(=O)NC1CCN(Cc2ccccc2)CC1. The lowest BCUT2D eigenvalue weighted by Crippen LogP contribution is -2.45. The van der Waals surface area contributed by atoms with Crippen LogP contribution in [0.25, 0.3) is 0 Å². The van der Waals surface area contributed by atoms with E-state index in [0.29, 0.717) is 18.4 Å². The number of piperidine rings is 1. The van der Waals surface area contributed by atoms with Crippen LogP contribution >= 0.6 is 0 Å². The number of likely N-dealkylation sites (tertiary alicyclic amines) is 1. The highest BCUT2D eigenvalue weighted by Gasteiger charge is 2.27. The Bertz CT molecular complexity index is 497. The molecule has 3 N–H and O–H groups in total. The van der Waals surface area contributed by atoms with Crippen LogP contribution in [0.4, 0.5) is 0 Å². The monoisotopic (exact) mass is 315 g/mol. The van der Waals surface area contributed by atoms with Crippen LogP contribution in [0.3, 0.4) is 0 Å². The molecule has 0 aromatic heterocycles. The third kappa shape index (κ3) is 4.79. The van der Waals surface area contributed by atoms with Gasteiger partial charge in [-0.25, -0.2) is 0 Å². The van der Waals surface area contributed by atoms with E-state index in [1.807, 2.05) is 0 Å². The first kappa shape index (κ1) is 16.5. The molecule has 0 unspecified atom stereocenters. The second kappa shape index (κ2) is 7.93. The summed E-state index contributed by atoms with van der Waals surface area (Å²) in [6, 6.07) is 11.2. The number of nitrogens with zero attached hydrogens (tertiary/aromatic N) is 1. The summed E-state index contributed by atoms with van der Waals surface area (Å²) in [5, 5.41) is 3.23. The average Bonchev–Trinajstić information content (AvgIpc) is 2.95. The molecule has 1 saturated heterocycles. The van der Waals surface area contributed by atoms with Gasteiger partial charge < -0.3 is 11.1 Å². The van der Waals surface area contributed by atoms with Crippen LogP contribution in [0.15, 0.2) is 30.3 Å². The minimum absolute atomic E-state index is 0.203. The maximum absolute atomic E-state index is 12.2. The zero-order valence-corrected chi connectivity index (χ0v) is 13.9. The predicted molar refractivity (Wildman–Crippen MR) is 92.8 cm³/mol. The third-order valence-electron chi connectivity index (χ3n) is 5.37. The Morgan fingerprint density at radius 2 is 1.87 bits per heavy atom. The normalized spacial score (nSPS) is 26.3. The molecule has 1 aromatic carbocycles. The number of carbonyl (C=O) groups is 1. The van der Waals surface area contributed by atoms with Crippen LogP contribution in [0, 0.1) is 5.92 Å². The summed E-state index contributed by atoms with van der Waals surface area (Å²) in [4.78, 5) is 14.7. The topological polar surface area (TPSA) is 58.4 Å². The third-order valence-corrected chi connectivity index (χ3v) is 5.37. The van der Waals surface area contributed by atoms with Gasteiger partial charge >= 0.3 is 0 Å². The minimum atomic E-state index is 0.203. The molecule has 126 valence electrons. The molecule has 3 rings (SSSR count). The van der Waals surface area contributed by atoms with Gasteiger partial charge in [-0.3, -0.25) is 9.69 Å². The molecule has 1 amide bonds. The molecule has 1 heterocycles. The molecule has 1 aromatic rings. The Morgan fingerprint density at radius 3 is 2.52 bits per heavy atom. The van der Waals surface area contributed by atoms with E-state index in [-0.39, 0.29) is 11.9 Å². The van der Waals surface area contributed by atoms with Gasteiger partial charge in [0.25, 0.3) is 0 Å². The van der Waals surface area contributed by atoms with Crippen LogP contribution < -0.4 is 11.1 Å². The highest BCUT2D eigenvalue weighted by Crippen LogP contribution is 2.26. The molecule has 1 aliphatic carbocycles. The fourth-order valence-electron chi connectivity index (χ4n) is 3.92.